The van der Waals surface area contributed by atoms with Crippen LogP contribution in [0.5, 0.6) is 5.75 Å². The molecule has 2 aliphatic rings. The lowest BCUT2D eigenvalue weighted by molar-refractivity contribution is 0.110. The van der Waals surface area contributed by atoms with E-state index in [1.807, 2.05) is 19.9 Å². The summed E-state index contributed by atoms with van der Waals surface area (Å²) >= 11 is 0. The van der Waals surface area contributed by atoms with E-state index in [0.29, 0.717) is 36.6 Å². The number of rotatable bonds is 7. The average molecular weight is 395 g/mol. The van der Waals surface area contributed by atoms with Crippen molar-refractivity contribution in [1.29, 1.82) is 0 Å². The van der Waals surface area contributed by atoms with Gasteiger partial charge in [-0.2, -0.15) is 17.4 Å². The Bertz CT molecular complexity index is 746. The molecule has 1 aromatic carbocycles. The van der Waals surface area contributed by atoms with Crippen molar-refractivity contribution >= 4 is 10.2 Å². The SMILES string of the molecule is CCCC1C[C@@H](NS(=O)(=O)N(CC)CC)C[C@@H]2Cc3c(O)cccc3C[C@@H]12. The van der Waals surface area contributed by atoms with E-state index in [0.717, 1.165) is 44.1 Å². The highest BCUT2D eigenvalue weighted by atomic mass is 32.2. The van der Waals surface area contributed by atoms with Crippen molar-refractivity contribution in [3.63, 3.8) is 0 Å². The van der Waals surface area contributed by atoms with E-state index in [2.05, 4.69) is 17.7 Å². The largest absolute Gasteiger partial charge is 0.508 e. The minimum atomic E-state index is -3.43. The van der Waals surface area contributed by atoms with Gasteiger partial charge in [-0.1, -0.05) is 45.7 Å². The fraction of sp³-hybridized carbons (Fsp3) is 0.714. The van der Waals surface area contributed by atoms with E-state index in [1.165, 1.54) is 9.87 Å². The maximum Gasteiger partial charge on any atom is 0.279 e. The molecule has 152 valence electrons. The van der Waals surface area contributed by atoms with Gasteiger partial charge in [0.1, 0.15) is 5.75 Å². The quantitative estimate of drug-likeness (QED) is 0.744. The molecule has 2 N–H and O–H groups in total. The molecular weight excluding hydrogens is 360 g/mol. The van der Waals surface area contributed by atoms with Crippen LogP contribution in [0.4, 0.5) is 0 Å². The molecule has 6 heteroatoms. The molecule has 1 aromatic rings. The van der Waals surface area contributed by atoms with E-state index >= 15 is 0 Å². The number of phenolic OH excluding ortho intramolecular Hbond substituents is 1. The van der Waals surface area contributed by atoms with Gasteiger partial charge in [0.05, 0.1) is 0 Å². The second kappa shape index (κ2) is 8.50. The summed E-state index contributed by atoms with van der Waals surface area (Å²) in [4.78, 5) is 0. The standard InChI is InChI=1S/C21H34N2O3S/c1-4-8-15-11-18(22-27(25,26)23(5-2)6-3)12-17-14-20-16(13-19(15)17)9-7-10-21(20)24/h7,9-10,15,17-19,22,24H,4-6,8,11-14H2,1-3H3/t15?,17-,18-,19+/m1/s1. The third kappa shape index (κ3) is 4.33. The van der Waals surface area contributed by atoms with Gasteiger partial charge in [-0.15, -0.1) is 0 Å². The Morgan fingerprint density at radius 3 is 2.56 bits per heavy atom. The van der Waals surface area contributed by atoms with Gasteiger partial charge >= 0.3 is 0 Å². The highest BCUT2D eigenvalue weighted by Gasteiger charge is 2.41. The lowest BCUT2D eigenvalue weighted by Gasteiger charge is -2.45. The van der Waals surface area contributed by atoms with Crippen LogP contribution in [0.3, 0.4) is 0 Å². The molecule has 0 aliphatic heterocycles. The van der Waals surface area contributed by atoms with Crippen LogP contribution in [0, 0.1) is 17.8 Å². The second-order valence-corrected chi connectivity index (χ2v) is 9.87. The predicted octanol–water partition coefficient (Wildman–Crippen LogP) is 3.48. The Balaban J connectivity index is 1.81. The Hall–Kier alpha value is -1.11. The molecule has 2 aliphatic carbocycles. The van der Waals surface area contributed by atoms with Gasteiger partial charge in [-0.25, -0.2) is 0 Å². The second-order valence-electron chi connectivity index (χ2n) is 8.17. The van der Waals surface area contributed by atoms with Crippen LogP contribution < -0.4 is 4.72 Å². The Morgan fingerprint density at radius 2 is 1.89 bits per heavy atom. The summed E-state index contributed by atoms with van der Waals surface area (Å²) in [6.45, 7) is 6.94. The highest BCUT2D eigenvalue weighted by molar-refractivity contribution is 7.87. The zero-order valence-electron chi connectivity index (χ0n) is 16.8. The van der Waals surface area contributed by atoms with E-state index in [1.54, 1.807) is 6.07 Å². The Morgan fingerprint density at radius 1 is 1.15 bits per heavy atom. The van der Waals surface area contributed by atoms with Gasteiger partial charge in [-0.3, -0.25) is 0 Å². The number of nitrogens with zero attached hydrogens (tertiary/aromatic N) is 1. The average Bonchev–Trinajstić information content (AvgIpc) is 2.62. The first-order valence-electron chi connectivity index (χ1n) is 10.5. The molecule has 0 saturated heterocycles. The number of nitrogens with one attached hydrogen (secondary N) is 1. The summed E-state index contributed by atoms with van der Waals surface area (Å²) in [5, 5.41) is 10.3. The topological polar surface area (TPSA) is 69.6 Å². The van der Waals surface area contributed by atoms with Crippen LogP contribution in [0.25, 0.3) is 0 Å². The van der Waals surface area contributed by atoms with Crippen molar-refractivity contribution in [1.82, 2.24) is 9.03 Å². The third-order valence-corrected chi connectivity index (χ3v) is 8.40. The smallest absolute Gasteiger partial charge is 0.279 e. The summed E-state index contributed by atoms with van der Waals surface area (Å²) in [5.41, 5.74) is 2.35. The fourth-order valence-electron chi connectivity index (χ4n) is 5.34. The van der Waals surface area contributed by atoms with Gasteiger partial charge in [0.25, 0.3) is 10.2 Å². The lowest BCUT2D eigenvalue weighted by atomic mass is 9.62. The van der Waals surface area contributed by atoms with Crippen LogP contribution in [-0.4, -0.2) is 37.0 Å². The first kappa shape index (κ1) is 20.6. The number of benzene rings is 1. The van der Waals surface area contributed by atoms with E-state index in [-0.39, 0.29) is 6.04 Å². The molecule has 0 bridgehead atoms. The maximum atomic E-state index is 12.7. The van der Waals surface area contributed by atoms with Crippen molar-refractivity contribution in [3.05, 3.63) is 29.3 Å². The molecule has 0 radical (unpaired) electrons. The molecule has 1 saturated carbocycles. The van der Waals surface area contributed by atoms with Gasteiger partial charge in [0.2, 0.25) is 0 Å². The number of phenols is 1. The van der Waals surface area contributed by atoms with Crippen LogP contribution >= 0.6 is 0 Å². The number of hydrogen-bond acceptors (Lipinski definition) is 3. The molecule has 1 unspecified atom stereocenters. The fourth-order valence-corrected chi connectivity index (χ4v) is 6.78. The van der Waals surface area contributed by atoms with E-state index in [4.69, 9.17) is 0 Å². The number of fused-ring (bicyclic) bond motifs is 2. The number of hydrogen-bond donors (Lipinski definition) is 2. The molecule has 0 heterocycles. The molecule has 0 spiro atoms. The van der Waals surface area contributed by atoms with Crippen LogP contribution in [0.1, 0.15) is 57.6 Å². The Labute approximate surface area is 164 Å². The van der Waals surface area contributed by atoms with Gasteiger partial charge in [0, 0.05) is 19.1 Å². The molecule has 0 amide bonds. The van der Waals surface area contributed by atoms with Crippen LogP contribution in [0.15, 0.2) is 18.2 Å². The highest BCUT2D eigenvalue weighted by Crippen LogP contribution is 2.46. The molecule has 5 nitrogen and oxygen atoms in total. The molecule has 3 rings (SSSR count). The first-order valence-corrected chi connectivity index (χ1v) is 11.9. The van der Waals surface area contributed by atoms with Crippen molar-refractivity contribution in [2.75, 3.05) is 13.1 Å². The first-order chi connectivity index (χ1) is 12.9. The van der Waals surface area contributed by atoms with Crippen molar-refractivity contribution < 1.29 is 13.5 Å². The summed E-state index contributed by atoms with van der Waals surface area (Å²) in [6.07, 6.45) is 5.91. The maximum absolute atomic E-state index is 12.7. The van der Waals surface area contributed by atoms with Crippen molar-refractivity contribution in [3.8, 4) is 5.75 Å². The summed E-state index contributed by atoms with van der Waals surface area (Å²) < 4.78 is 29.9. The predicted molar refractivity (Wildman–Crippen MR) is 109 cm³/mol. The summed E-state index contributed by atoms with van der Waals surface area (Å²) in [6, 6.07) is 5.84. The van der Waals surface area contributed by atoms with Gasteiger partial charge in [0.15, 0.2) is 0 Å². The zero-order chi connectivity index (χ0) is 19.6. The van der Waals surface area contributed by atoms with E-state index in [9.17, 15) is 13.5 Å². The van der Waals surface area contributed by atoms with Crippen molar-refractivity contribution in [2.24, 2.45) is 17.8 Å². The van der Waals surface area contributed by atoms with E-state index < -0.39 is 10.2 Å². The molecule has 0 aromatic heterocycles. The molecule has 4 atom stereocenters. The normalized spacial score (nSPS) is 28.0. The summed E-state index contributed by atoms with van der Waals surface area (Å²) in [5.74, 6) is 1.95. The zero-order valence-corrected chi connectivity index (χ0v) is 17.6. The minimum Gasteiger partial charge on any atom is -0.508 e. The molecule has 1 fully saturated rings. The number of aromatic hydroxyl groups is 1. The van der Waals surface area contributed by atoms with Crippen LogP contribution in [0.2, 0.25) is 0 Å². The van der Waals surface area contributed by atoms with Gasteiger partial charge < -0.3 is 5.11 Å². The van der Waals surface area contributed by atoms with Crippen LogP contribution in [-0.2, 0) is 23.1 Å². The third-order valence-electron chi connectivity index (χ3n) is 6.58. The lowest BCUT2D eigenvalue weighted by Crippen LogP contribution is -2.50. The van der Waals surface area contributed by atoms with Crippen molar-refractivity contribution in [2.45, 2.75) is 65.3 Å². The molecule has 27 heavy (non-hydrogen) atoms. The van der Waals surface area contributed by atoms with Gasteiger partial charge in [-0.05, 0) is 60.6 Å². The summed E-state index contributed by atoms with van der Waals surface area (Å²) in [7, 11) is -3.43. The minimum absolute atomic E-state index is 0.0131. The molecular formula is C21H34N2O3S. The monoisotopic (exact) mass is 394 g/mol. The Kier molecular flexibility index (Phi) is 6.49.